The first-order valence-electron chi connectivity index (χ1n) is 15.1. The van der Waals surface area contributed by atoms with E-state index < -0.39 is 11.6 Å². The molecule has 0 aromatic heterocycles. The maximum absolute atomic E-state index is 14.4. The van der Waals surface area contributed by atoms with Crippen LogP contribution in [0.4, 0.5) is 8.78 Å². The number of rotatable bonds is 11. The van der Waals surface area contributed by atoms with Gasteiger partial charge in [0.2, 0.25) is 11.6 Å². The minimum Gasteiger partial charge on any atom is -0.491 e. The van der Waals surface area contributed by atoms with Crippen molar-refractivity contribution < 1.29 is 23.0 Å². The Kier molecular flexibility index (Phi) is 9.62. The smallest absolute Gasteiger partial charge is 0.204 e. The fourth-order valence-corrected chi connectivity index (χ4v) is 6.63. The van der Waals surface area contributed by atoms with Crippen LogP contribution in [0.3, 0.4) is 0 Å². The van der Waals surface area contributed by atoms with E-state index in [2.05, 4.69) is 55.5 Å². The molecule has 5 rings (SSSR count). The Hall–Kier alpha value is -3.08. The van der Waals surface area contributed by atoms with E-state index in [0.29, 0.717) is 31.0 Å². The number of fused-ring (bicyclic) bond motifs is 1. The molecule has 3 nitrogen and oxygen atoms in total. The molecule has 40 heavy (non-hydrogen) atoms. The van der Waals surface area contributed by atoms with Crippen molar-refractivity contribution in [2.75, 3.05) is 13.2 Å². The Morgan fingerprint density at radius 1 is 0.675 bits per heavy atom. The quantitative estimate of drug-likeness (QED) is 0.239. The number of hydrogen-bond donors (Lipinski definition) is 0. The largest absolute Gasteiger partial charge is 0.491 e. The number of hydrogen-bond acceptors (Lipinski definition) is 3. The predicted octanol–water partition coefficient (Wildman–Crippen LogP) is 9.27. The van der Waals surface area contributed by atoms with Crippen LogP contribution in [0.2, 0.25) is 0 Å². The monoisotopic (exact) mass is 548 g/mol. The molecular formula is C35H42F2O3. The normalized spacial score (nSPS) is 22.4. The zero-order valence-corrected chi connectivity index (χ0v) is 23.8. The zero-order valence-electron chi connectivity index (χ0n) is 23.8. The summed E-state index contributed by atoms with van der Waals surface area (Å²) in [7, 11) is 0. The molecule has 0 bridgehead atoms. The van der Waals surface area contributed by atoms with Crippen LogP contribution in [0.1, 0.15) is 81.4 Å². The van der Waals surface area contributed by atoms with Gasteiger partial charge in [-0.05, 0) is 116 Å². The highest BCUT2D eigenvalue weighted by Gasteiger charge is 2.36. The highest BCUT2D eigenvalue weighted by atomic mass is 19.2. The second-order valence-corrected chi connectivity index (χ2v) is 11.6. The van der Waals surface area contributed by atoms with Gasteiger partial charge in [0.15, 0.2) is 11.5 Å². The second kappa shape index (κ2) is 13.5. The predicted molar refractivity (Wildman–Crippen MR) is 155 cm³/mol. The highest BCUT2D eigenvalue weighted by molar-refractivity contribution is 5.35. The van der Waals surface area contributed by atoms with Crippen LogP contribution in [-0.2, 0) is 13.0 Å². The van der Waals surface area contributed by atoms with E-state index in [1.165, 1.54) is 54.5 Å². The van der Waals surface area contributed by atoms with Crippen LogP contribution in [0.5, 0.6) is 17.2 Å². The molecule has 2 aliphatic rings. The molecule has 2 aliphatic carbocycles. The average Bonchev–Trinajstić information content (AvgIpc) is 2.99. The molecule has 0 aliphatic heterocycles. The summed E-state index contributed by atoms with van der Waals surface area (Å²) in [6, 6.07) is 20.4. The third-order valence-electron chi connectivity index (χ3n) is 8.83. The van der Waals surface area contributed by atoms with Gasteiger partial charge in [0, 0.05) is 0 Å². The summed E-state index contributed by atoms with van der Waals surface area (Å²) >= 11 is 0. The molecule has 0 spiro atoms. The van der Waals surface area contributed by atoms with Gasteiger partial charge in [-0.2, -0.15) is 8.78 Å². The molecule has 0 saturated heterocycles. The van der Waals surface area contributed by atoms with Gasteiger partial charge in [-0.15, -0.1) is 0 Å². The molecule has 0 N–H and O–H groups in total. The third kappa shape index (κ3) is 6.97. The van der Waals surface area contributed by atoms with Crippen LogP contribution in [-0.4, -0.2) is 13.2 Å². The number of benzene rings is 3. The fourth-order valence-electron chi connectivity index (χ4n) is 6.63. The van der Waals surface area contributed by atoms with Crippen molar-refractivity contribution in [1.29, 1.82) is 0 Å². The molecule has 0 radical (unpaired) electrons. The van der Waals surface area contributed by atoms with E-state index in [1.807, 2.05) is 0 Å². The van der Waals surface area contributed by atoms with E-state index in [1.54, 1.807) is 6.92 Å². The second-order valence-electron chi connectivity index (χ2n) is 11.6. The Morgan fingerprint density at radius 3 is 2.02 bits per heavy atom. The molecule has 214 valence electrons. The van der Waals surface area contributed by atoms with Gasteiger partial charge in [0.05, 0.1) is 13.2 Å². The summed E-state index contributed by atoms with van der Waals surface area (Å²) in [5.74, 6) is 1.27. The third-order valence-corrected chi connectivity index (χ3v) is 8.83. The molecule has 3 aromatic carbocycles. The summed E-state index contributed by atoms with van der Waals surface area (Å²) in [4.78, 5) is 0. The van der Waals surface area contributed by atoms with E-state index >= 15 is 0 Å². The molecule has 0 heterocycles. The van der Waals surface area contributed by atoms with Crippen molar-refractivity contribution in [3.05, 3.63) is 89.0 Å². The van der Waals surface area contributed by atoms with Crippen molar-refractivity contribution in [2.45, 2.75) is 77.7 Å². The van der Waals surface area contributed by atoms with Gasteiger partial charge in [0.1, 0.15) is 12.4 Å². The molecule has 2 fully saturated rings. The molecule has 4 unspecified atom stereocenters. The van der Waals surface area contributed by atoms with Crippen LogP contribution in [0.25, 0.3) is 0 Å². The van der Waals surface area contributed by atoms with E-state index in [9.17, 15) is 8.78 Å². The maximum atomic E-state index is 14.4. The summed E-state index contributed by atoms with van der Waals surface area (Å²) in [5, 5.41) is 0. The first-order valence-corrected chi connectivity index (χ1v) is 15.1. The van der Waals surface area contributed by atoms with Crippen LogP contribution >= 0.6 is 0 Å². The minimum atomic E-state index is -0.974. The first kappa shape index (κ1) is 28.4. The van der Waals surface area contributed by atoms with Crippen molar-refractivity contribution in [3.63, 3.8) is 0 Å². The topological polar surface area (TPSA) is 27.7 Å². The Morgan fingerprint density at radius 2 is 1.32 bits per heavy atom. The lowest BCUT2D eigenvalue weighted by molar-refractivity contribution is 0.0901. The number of ether oxygens (including phenoxy) is 3. The van der Waals surface area contributed by atoms with Crippen molar-refractivity contribution in [1.82, 2.24) is 0 Å². The minimum absolute atomic E-state index is 0.0240. The molecular weight excluding hydrogens is 506 g/mol. The number of halogens is 2. The van der Waals surface area contributed by atoms with E-state index in [0.717, 1.165) is 37.4 Å². The Bertz CT molecular complexity index is 1220. The lowest BCUT2D eigenvalue weighted by atomic mass is 9.64. The van der Waals surface area contributed by atoms with Crippen molar-refractivity contribution >= 4 is 0 Å². The lowest BCUT2D eigenvalue weighted by Gasteiger charge is -2.42. The zero-order chi connectivity index (χ0) is 27.9. The number of aryl methyl sites for hydroxylation is 1. The van der Waals surface area contributed by atoms with Crippen LogP contribution < -0.4 is 14.2 Å². The lowest BCUT2D eigenvalue weighted by Crippen LogP contribution is -2.32. The SMILES string of the molecule is CCCc1ccc(COc2ccc(C3CCC4CC(COc5ccc(OCC)c(F)c5F)CCC4C3)cc2)cc1. The highest BCUT2D eigenvalue weighted by Crippen LogP contribution is 2.48. The van der Waals surface area contributed by atoms with Crippen molar-refractivity contribution in [2.24, 2.45) is 17.8 Å². The van der Waals surface area contributed by atoms with Gasteiger partial charge < -0.3 is 14.2 Å². The maximum Gasteiger partial charge on any atom is 0.204 e. The molecule has 4 atom stereocenters. The summed E-state index contributed by atoms with van der Waals surface area (Å²) in [5.41, 5.74) is 3.98. The summed E-state index contributed by atoms with van der Waals surface area (Å²) < 4.78 is 45.5. The molecule has 2 saturated carbocycles. The molecule has 0 amide bonds. The van der Waals surface area contributed by atoms with Crippen molar-refractivity contribution in [3.8, 4) is 17.2 Å². The Labute approximate surface area is 237 Å². The van der Waals surface area contributed by atoms with Crippen LogP contribution in [0.15, 0.2) is 60.7 Å². The molecule has 3 aromatic rings. The van der Waals surface area contributed by atoms with E-state index in [4.69, 9.17) is 14.2 Å². The summed E-state index contributed by atoms with van der Waals surface area (Å²) in [6.45, 7) is 5.25. The van der Waals surface area contributed by atoms with Crippen LogP contribution in [0, 0.1) is 29.4 Å². The van der Waals surface area contributed by atoms with Gasteiger partial charge in [-0.25, -0.2) is 0 Å². The van der Waals surface area contributed by atoms with Gasteiger partial charge in [-0.1, -0.05) is 49.7 Å². The standard InChI is InChI=1S/C35H42F2O3/c1-3-5-24-6-8-25(9-7-24)22-39-31-16-14-27(15-17-31)29-13-12-28-20-26(10-11-30(28)21-29)23-40-33-19-18-32(38-4-2)34(36)35(33)37/h6-9,14-19,26,28-30H,3-5,10-13,20-23H2,1-2H3. The van der Waals surface area contributed by atoms with E-state index in [-0.39, 0.29) is 18.1 Å². The first-order chi connectivity index (χ1) is 19.5. The molecule has 5 heteroatoms. The summed E-state index contributed by atoms with van der Waals surface area (Å²) in [6.07, 6.45) is 9.26. The van der Waals surface area contributed by atoms with Gasteiger partial charge in [0.25, 0.3) is 0 Å². The van der Waals surface area contributed by atoms with Gasteiger partial charge >= 0.3 is 0 Å². The average molecular weight is 549 g/mol. The fraction of sp³-hybridized carbons (Fsp3) is 0.486. The Balaban J connectivity index is 1.08. The van der Waals surface area contributed by atoms with Gasteiger partial charge in [-0.3, -0.25) is 0 Å².